The zero-order valence-corrected chi connectivity index (χ0v) is 48.0. The van der Waals surface area contributed by atoms with Crippen molar-refractivity contribution in [3.05, 3.63) is 277 Å². The van der Waals surface area contributed by atoms with Crippen LogP contribution in [0, 0.1) is 34.0 Å². The lowest BCUT2D eigenvalue weighted by molar-refractivity contribution is -0.571. The number of fused-ring (bicyclic) bond motifs is 4. The molecule has 3 aliphatic rings. The number of aryl methyl sites for hydroxylation is 4. The number of anilines is 8. The standard InChI is InChI=1S/C72H59B2N7Si/c1-49-24-19-25-50(2)68(49)73-78(55-32-15-9-16-33-55)61-43-41-58(81-72-63(39-23-45-75-72)79(56-34-17-10-18-35-56)74(81)69-51(3)26-20-27-52(69)4)46-64(61)80(73)57-42-44-66-65(47-57)77-48-76(62-38-22-40-67(71(62)77)82(66,5)6)70-59(53-28-11-7-12-29-53)36-21-37-60(70)54-30-13-8-14-31-54/h7-47H,1-6H3. The van der Waals surface area contributed by atoms with Crippen LogP contribution in [0.15, 0.2) is 249 Å². The van der Waals surface area contributed by atoms with Gasteiger partial charge in [0.1, 0.15) is 13.9 Å². The molecule has 5 heterocycles. The van der Waals surface area contributed by atoms with E-state index in [4.69, 9.17) is 4.98 Å². The summed E-state index contributed by atoms with van der Waals surface area (Å²) in [5.41, 5.74) is 24.4. The van der Waals surface area contributed by atoms with Gasteiger partial charge in [-0.25, -0.2) is 4.98 Å². The summed E-state index contributed by atoms with van der Waals surface area (Å²) in [6.45, 7) is 13.6. The summed E-state index contributed by atoms with van der Waals surface area (Å²) in [6.07, 6.45) is 6.04. The molecule has 0 aliphatic carbocycles. The normalized spacial score (nSPS) is 13.9. The van der Waals surface area contributed by atoms with Crippen LogP contribution in [0.3, 0.4) is 0 Å². The van der Waals surface area contributed by atoms with Crippen LogP contribution >= 0.6 is 0 Å². The monoisotopic (exact) mass is 1070 g/mol. The number of benzene rings is 10. The fourth-order valence-corrected chi connectivity index (χ4v) is 16.8. The van der Waals surface area contributed by atoms with Crippen molar-refractivity contribution in [1.29, 1.82) is 0 Å². The lowest BCUT2D eigenvalue weighted by Crippen LogP contribution is -2.57. The molecule has 0 N–H and O–H groups in total. The van der Waals surface area contributed by atoms with Crippen molar-refractivity contribution in [3.8, 4) is 33.6 Å². The maximum atomic E-state index is 5.27. The average molecular weight is 1070 g/mol. The predicted octanol–water partition coefficient (Wildman–Crippen LogP) is 14.2. The SMILES string of the molecule is Cc1cccc(C)c1B1N(c2ccccc2)c2ccc(N3B(c4c(C)cccc4C)N(c4ccccc4)c4cccnc43)cc2N1c1ccc2c(c1)-n1[c-][n+](-c3c(-c4ccccc4)cccc3-c3ccccc3)c3cccc(c31)[Si]2(C)C. The lowest BCUT2D eigenvalue weighted by atomic mass is 9.61. The first-order chi connectivity index (χ1) is 40.2. The van der Waals surface area contributed by atoms with Crippen LogP contribution in [-0.2, 0) is 0 Å². The average Bonchev–Trinajstić information content (AvgIpc) is 3.27. The number of imidazole rings is 1. The van der Waals surface area contributed by atoms with E-state index in [9.17, 15) is 0 Å². The van der Waals surface area contributed by atoms with Gasteiger partial charge >= 0.3 is 14.0 Å². The van der Waals surface area contributed by atoms with Crippen molar-refractivity contribution < 1.29 is 4.57 Å². The minimum absolute atomic E-state index is 0.232. The van der Waals surface area contributed by atoms with Crippen LogP contribution in [0.5, 0.6) is 0 Å². The first kappa shape index (κ1) is 49.4. The summed E-state index contributed by atoms with van der Waals surface area (Å²) < 4.78 is 4.76. The molecule has 10 heteroatoms. The van der Waals surface area contributed by atoms with E-state index in [1.807, 2.05) is 6.20 Å². The van der Waals surface area contributed by atoms with E-state index in [0.29, 0.717) is 0 Å². The molecule has 12 aromatic rings. The Morgan fingerprint density at radius 2 is 0.890 bits per heavy atom. The minimum atomic E-state index is -2.35. The van der Waals surface area contributed by atoms with Crippen LogP contribution in [0.2, 0.25) is 13.1 Å². The van der Waals surface area contributed by atoms with Gasteiger partial charge in [0.25, 0.3) is 6.33 Å². The fourth-order valence-electron chi connectivity index (χ4n) is 13.8. The molecule has 10 aromatic carbocycles. The highest BCUT2D eigenvalue weighted by molar-refractivity contribution is 7.02. The molecule has 7 nitrogen and oxygen atoms in total. The highest BCUT2D eigenvalue weighted by atomic mass is 28.3. The van der Waals surface area contributed by atoms with E-state index in [2.05, 4.69) is 318 Å². The minimum Gasteiger partial charge on any atom is -0.360 e. The van der Waals surface area contributed by atoms with E-state index >= 15 is 0 Å². The second kappa shape index (κ2) is 19.3. The molecule has 0 unspecified atom stereocenters. The van der Waals surface area contributed by atoms with Gasteiger partial charge in [-0.05, 0) is 138 Å². The molecule has 82 heavy (non-hydrogen) atoms. The van der Waals surface area contributed by atoms with Gasteiger partial charge in [0.2, 0.25) is 0 Å². The topological polar surface area (TPSA) is 34.7 Å². The lowest BCUT2D eigenvalue weighted by Gasteiger charge is -2.35. The third kappa shape index (κ3) is 7.58. The molecule has 3 aliphatic heterocycles. The molecule has 0 saturated heterocycles. The summed E-state index contributed by atoms with van der Waals surface area (Å²) >= 11 is 0. The largest absolute Gasteiger partial charge is 0.422 e. The van der Waals surface area contributed by atoms with Gasteiger partial charge in [-0.1, -0.05) is 211 Å². The molecular formula is C72H59B2N7Si. The third-order valence-corrected chi connectivity index (χ3v) is 21.1. The van der Waals surface area contributed by atoms with Gasteiger partial charge in [-0.3, -0.25) is 9.13 Å². The second-order valence-corrected chi connectivity index (χ2v) is 27.1. The van der Waals surface area contributed by atoms with Crippen LogP contribution in [-0.4, -0.2) is 31.6 Å². The summed E-state index contributed by atoms with van der Waals surface area (Å²) in [6, 6.07) is 89.3. The smallest absolute Gasteiger partial charge is 0.360 e. The molecule has 0 saturated carbocycles. The Morgan fingerprint density at radius 3 is 1.49 bits per heavy atom. The Morgan fingerprint density at radius 1 is 0.402 bits per heavy atom. The van der Waals surface area contributed by atoms with E-state index in [1.54, 1.807) is 0 Å². The molecule has 15 rings (SSSR count). The van der Waals surface area contributed by atoms with Crippen LogP contribution in [0.25, 0.3) is 44.7 Å². The van der Waals surface area contributed by atoms with Crippen molar-refractivity contribution >= 4 is 100 Å². The molecule has 0 atom stereocenters. The Bertz CT molecular complexity index is 4380. The second-order valence-electron chi connectivity index (χ2n) is 22.7. The number of nitrogens with zero attached hydrogens (tertiary/aromatic N) is 7. The van der Waals surface area contributed by atoms with E-state index < -0.39 is 8.07 Å². The zero-order valence-electron chi connectivity index (χ0n) is 47.0. The molecule has 0 amide bonds. The van der Waals surface area contributed by atoms with E-state index in [-0.39, 0.29) is 14.0 Å². The van der Waals surface area contributed by atoms with Crippen LogP contribution < -0.4 is 45.1 Å². The molecule has 0 bridgehead atoms. The zero-order chi connectivity index (χ0) is 55.4. The first-order valence-corrected chi connectivity index (χ1v) is 31.5. The van der Waals surface area contributed by atoms with Gasteiger partial charge in [0.05, 0.1) is 39.5 Å². The number of hydrogen-bond acceptors (Lipinski definition) is 5. The van der Waals surface area contributed by atoms with Crippen molar-refractivity contribution in [1.82, 2.24) is 9.55 Å². The quantitative estimate of drug-likeness (QED) is 0.0818. The molecule has 392 valence electrons. The Balaban J connectivity index is 0.986. The predicted molar refractivity (Wildman–Crippen MR) is 346 cm³/mol. The Kier molecular flexibility index (Phi) is 11.6. The first-order valence-electron chi connectivity index (χ1n) is 28.5. The van der Waals surface area contributed by atoms with Crippen LogP contribution in [0.1, 0.15) is 22.3 Å². The number of para-hydroxylation sites is 4. The number of pyridine rings is 1. The summed E-state index contributed by atoms with van der Waals surface area (Å²) in [7, 11) is -2.35. The van der Waals surface area contributed by atoms with E-state index in [0.717, 1.165) is 84.8 Å². The number of rotatable bonds is 9. The maximum Gasteiger partial charge on any atom is 0.422 e. The van der Waals surface area contributed by atoms with Crippen molar-refractivity contribution in [2.75, 3.05) is 19.2 Å². The van der Waals surface area contributed by atoms with Gasteiger partial charge in [-0.2, -0.15) is 0 Å². The van der Waals surface area contributed by atoms with Gasteiger partial charge < -0.3 is 19.2 Å². The molecule has 0 radical (unpaired) electrons. The summed E-state index contributed by atoms with van der Waals surface area (Å²) in [5, 5.41) is 2.78. The Labute approximate surface area is 482 Å². The van der Waals surface area contributed by atoms with Crippen molar-refractivity contribution in [2.24, 2.45) is 0 Å². The van der Waals surface area contributed by atoms with Gasteiger partial charge in [-0.15, -0.1) is 0 Å². The molecular weight excluding hydrogens is 1010 g/mol. The maximum absolute atomic E-state index is 5.27. The third-order valence-electron chi connectivity index (χ3n) is 17.6. The highest BCUT2D eigenvalue weighted by Crippen LogP contribution is 2.52. The highest BCUT2D eigenvalue weighted by Gasteiger charge is 2.49. The number of hydrogen-bond donors (Lipinski definition) is 0. The van der Waals surface area contributed by atoms with Crippen molar-refractivity contribution in [3.63, 3.8) is 0 Å². The van der Waals surface area contributed by atoms with Crippen molar-refractivity contribution in [2.45, 2.75) is 40.8 Å². The summed E-state index contributed by atoms with van der Waals surface area (Å²) in [4.78, 5) is 15.4. The number of aromatic nitrogens is 3. The van der Waals surface area contributed by atoms with Gasteiger partial charge in [0, 0.05) is 28.9 Å². The van der Waals surface area contributed by atoms with Gasteiger partial charge in [0.15, 0.2) is 0 Å². The molecule has 0 fully saturated rings. The molecule has 0 spiro atoms. The fraction of sp³-hybridized carbons (Fsp3) is 0.0833. The van der Waals surface area contributed by atoms with E-state index in [1.165, 1.54) is 49.1 Å². The summed E-state index contributed by atoms with van der Waals surface area (Å²) in [5.74, 6) is 0.916. The van der Waals surface area contributed by atoms with Crippen LogP contribution in [0.4, 0.5) is 45.6 Å². The molecule has 2 aromatic heterocycles. The Hall–Kier alpha value is -9.63.